The van der Waals surface area contributed by atoms with Gasteiger partial charge in [-0.25, -0.2) is 0 Å². The first kappa shape index (κ1) is 21.8. The monoisotopic (exact) mass is 461 g/mol. The van der Waals surface area contributed by atoms with Crippen LogP contribution in [-0.4, -0.2) is 30.8 Å². The van der Waals surface area contributed by atoms with Gasteiger partial charge in [-0.2, -0.15) is 0 Å². The van der Waals surface area contributed by atoms with Gasteiger partial charge in [0.1, 0.15) is 0 Å². The molecule has 154 valence electrons. The van der Waals surface area contributed by atoms with Crippen molar-refractivity contribution in [2.45, 2.75) is 0 Å². The standard InChI is InChI=1S/C21H17Cl2N3O3S/c22-14-5-8-17(23)16(12-14)20(28)26-15-6-3-13(4-7-15)19(27)24-9-10-25-21(29)18-2-1-11-30-18/h1-8,11-12H,9-10H2,(H,24,27)(H,25,29)(H,26,28). The van der Waals surface area contributed by atoms with Crippen LogP contribution in [0.15, 0.2) is 60.0 Å². The number of amides is 3. The molecule has 3 N–H and O–H groups in total. The predicted octanol–water partition coefficient (Wildman–Crippen LogP) is 4.47. The molecular formula is C21H17Cl2N3O3S. The number of nitrogens with one attached hydrogen (secondary N) is 3. The summed E-state index contributed by atoms with van der Waals surface area (Å²) in [5.74, 6) is -0.850. The number of hydrogen-bond acceptors (Lipinski definition) is 4. The molecule has 9 heteroatoms. The molecule has 2 aromatic carbocycles. The normalized spacial score (nSPS) is 10.3. The Labute approximate surface area is 187 Å². The van der Waals surface area contributed by atoms with E-state index in [4.69, 9.17) is 23.2 Å². The lowest BCUT2D eigenvalue weighted by molar-refractivity contribution is 0.0929. The third kappa shape index (κ3) is 5.82. The van der Waals surface area contributed by atoms with Gasteiger partial charge >= 0.3 is 0 Å². The topological polar surface area (TPSA) is 87.3 Å². The Hall–Kier alpha value is -2.87. The zero-order valence-electron chi connectivity index (χ0n) is 15.6. The van der Waals surface area contributed by atoms with Crippen LogP contribution >= 0.6 is 34.5 Å². The van der Waals surface area contributed by atoms with Crippen LogP contribution in [0.5, 0.6) is 0 Å². The average Bonchev–Trinajstić information content (AvgIpc) is 3.28. The Kier molecular flexibility index (Phi) is 7.46. The fraction of sp³-hybridized carbons (Fsp3) is 0.0952. The Morgan fingerprint density at radius 2 is 1.53 bits per heavy atom. The first-order chi connectivity index (χ1) is 14.4. The van der Waals surface area contributed by atoms with E-state index in [1.807, 2.05) is 5.38 Å². The highest BCUT2D eigenvalue weighted by atomic mass is 35.5. The van der Waals surface area contributed by atoms with E-state index in [1.54, 1.807) is 48.5 Å². The number of halogens is 2. The second-order valence-corrected chi connectivity index (χ2v) is 7.94. The van der Waals surface area contributed by atoms with Crippen molar-refractivity contribution in [1.29, 1.82) is 0 Å². The molecule has 0 aliphatic carbocycles. The first-order valence-electron chi connectivity index (χ1n) is 8.90. The van der Waals surface area contributed by atoms with Gasteiger partial charge in [-0.3, -0.25) is 14.4 Å². The molecule has 3 aromatic rings. The van der Waals surface area contributed by atoms with E-state index in [9.17, 15) is 14.4 Å². The average molecular weight is 462 g/mol. The third-order valence-corrected chi connectivity index (χ3v) is 5.45. The molecule has 0 radical (unpaired) electrons. The molecule has 0 unspecified atom stereocenters. The second-order valence-electron chi connectivity index (χ2n) is 6.14. The SMILES string of the molecule is O=C(NCCNC(=O)c1cccs1)c1ccc(NC(=O)c2cc(Cl)ccc2Cl)cc1. The maximum atomic E-state index is 12.4. The van der Waals surface area contributed by atoms with Gasteiger partial charge in [0.05, 0.1) is 15.5 Å². The van der Waals surface area contributed by atoms with Crippen molar-refractivity contribution in [2.24, 2.45) is 0 Å². The molecule has 0 bridgehead atoms. The molecular weight excluding hydrogens is 445 g/mol. The van der Waals surface area contributed by atoms with E-state index in [-0.39, 0.29) is 17.4 Å². The van der Waals surface area contributed by atoms with Crippen molar-refractivity contribution in [2.75, 3.05) is 18.4 Å². The van der Waals surface area contributed by atoms with Crippen LogP contribution in [0.4, 0.5) is 5.69 Å². The fourth-order valence-electron chi connectivity index (χ4n) is 2.52. The minimum atomic E-state index is -0.402. The van der Waals surface area contributed by atoms with Crippen LogP contribution in [0, 0.1) is 0 Å². The Morgan fingerprint density at radius 3 is 2.20 bits per heavy atom. The molecule has 0 fully saturated rings. The van der Waals surface area contributed by atoms with E-state index in [0.717, 1.165) is 0 Å². The van der Waals surface area contributed by atoms with Crippen LogP contribution in [0.3, 0.4) is 0 Å². The molecule has 0 aliphatic rings. The van der Waals surface area contributed by atoms with E-state index < -0.39 is 5.91 Å². The molecule has 0 spiro atoms. The quantitative estimate of drug-likeness (QED) is 0.453. The first-order valence-corrected chi connectivity index (χ1v) is 10.5. The highest BCUT2D eigenvalue weighted by Gasteiger charge is 2.12. The minimum absolute atomic E-state index is 0.167. The van der Waals surface area contributed by atoms with Gasteiger partial charge in [0, 0.05) is 29.4 Å². The minimum Gasteiger partial charge on any atom is -0.350 e. The molecule has 3 rings (SSSR count). The molecule has 0 atom stereocenters. The maximum absolute atomic E-state index is 12.4. The van der Waals surface area contributed by atoms with Crippen molar-refractivity contribution >= 4 is 57.9 Å². The number of carbonyl (C=O) groups is 3. The third-order valence-electron chi connectivity index (χ3n) is 4.02. The van der Waals surface area contributed by atoms with Crippen LogP contribution in [0.25, 0.3) is 0 Å². The Morgan fingerprint density at radius 1 is 0.833 bits per heavy atom. The summed E-state index contributed by atoms with van der Waals surface area (Å²) in [6, 6.07) is 14.6. The van der Waals surface area contributed by atoms with E-state index in [1.165, 1.54) is 17.4 Å². The molecule has 0 saturated carbocycles. The van der Waals surface area contributed by atoms with Gasteiger partial charge in [0.25, 0.3) is 17.7 Å². The van der Waals surface area contributed by atoms with Crippen molar-refractivity contribution in [3.63, 3.8) is 0 Å². The van der Waals surface area contributed by atoms with Crippen LogP contribution in [0.2, 0.25) is 10.0 Å². The summed E-state index contributed by atoms with van der Waals surface area (Å²) in [4.78, 5) is 37.0. The highest BCUT2D eigenvalue weighted by Crippen LogP contribution is 2.22. The summed E-state index contributed by atoms with van der Waals surface area (Å²) >= 11 is 13.3. The summed E-state index contributed by atoms with van der Waals surface area (Å²) < 4.78 is 0. The van der Waals surface area contributed by atoms with Crippen LogP contribution in [-0.2, 0) is 0 Å². The summed E-state index contributed by atoms with van der Waals surface area (Å²) in [6.07, 6.45) is 0. The number of benzene rings is 2. The second kappa shape index (κ2) is 10.2. The van der Waals surface area contributed by atoms with Crippen molar-refractivity contribution in [3.8, 4) is 0 Å². The van der Waals surface area contributed by atoms with Crippen molar-refractivity contribution < 1.29 is 14.4 Å². The molecule has 1 heterocycles. The molecule has 6 nitrogen and oxygen atoms in total. The van der Waals surface area contributed by atoms with Gasteiger partial charge in [-0.05, 0) is 53.9 Å². The smallest absolute Gasteiger partial charge is 0.261 e. The summed E-state index contributed by atoms with van der Waals surface area (Å²) in [5.41, 5.74) is 1.20. The van der Waals surface area contributed by atoms with Crippen molar-refractivity contribution in [3.05, 3.63) is 86.0 Å². The summed E-state index contributed by atoms with van der Waals surface area (Å²) in [7, 11) is 0. The van der Waals surface area contributed by atoms with Gasteiger partial charge in [-0.15, -0.1) is 11.3 Å². The zero-order chi connectivity index (χ0) is 21.5. The number of anilines is 1. The van der Waals surface area contributed by atoms with Crippen LogP contribution < -0.4 is 16.0 Å². The van der Waals surface area contributed by atoms with E-state index in [2.05, 4.69) is 16.0 Å². The lowest BCUT2D eigenvalue weighted by Gasteiger charge is -2.09. The number of rotatable bonds is 7. The predicted molar refractivity (Wildman–Crippen MR) is 120 cm³/mol. The Balaban J connectivity index is 1.48. The lowest BCUT2D eigenvalue weighted by atomic mass is 10.1. The van der Waals surface area contributed by atoms with E-state index in [0.29, 0.717) is 39.3 Å². The molecule has 0 aliphatic heterocycles. The van der Waals surface area contributed by atoms with Crippen LogP contribution in [0.1, 0.15) is 30.4 Å². The summed E-state index contributed by atoms with van der Waals surface area (Å²) in [6.45, 7) is 0.610. The lowest BCUT2D eigenvalue weighted by Crippen LogP contribution is -2.34. The summed E-state index contributed by atoms with van der Waals surface area (Å²) in [5, 5.41) is 10.7. The molecule has 3 amide bonds. The van der Waals surface area contributed by atoms with Gasteiger partial charge in [-0.1, -0.05) is 29.3 Å². The van der Waals surface area contributed by atoms with Crippen molar-refractivity contribution in [1.82, 2.24) is 10.6 Å². The molecule has 1 aromatic heterocycles. The fourth-order valence-corrected chi connectivity index (χ4v) is 3.54. The number of carbonyl (C=O) groups excluding carboxylic acids is 3. The maximum Gasteiger partial charge on any atom is 0.261 e. The largest absolute Gasteiger partial charge is 0.350 e. The van der Waals surface area contributed by atoms with Gasteiger partial charge < -0.3 is 16.0 Å². The van der Waals surface area contributed by atoms with Gasteiger partial charge in [0.15, 0.2) is 0 Å². The highest BCUT2D eigenvalue weighted by molar-refractivity contribution is 7.12. The van der Waals surface area contributed by atoms with Gasteiger partial charge in [0.2, 0.25) is 0 Å². The zero-order valence-corrected chi connectivity index (χ0v) is 17.9. The molecule has 0 saturated heterocycles. The number of thiophene rings is 1. The number of hydrogen-bond donors (Lipinski definition) is 3. The Bertz CT molecular complexity index is 1050. The molecule has 30 heavy (non-hydrogen) atoms. The van der Waals surface area contributed by atoms with E-state index >= 15 is 0 Å².